The Labute approximate surface area is 149 Å². The summed E-state index contributed by atoms with van der Waals surface area (Å²) in [5.74, 6) is 0.0409. The van der Waals surface area contributed by atoms with Crippen LogP contribution in [-0.2, 0) is 14.3 Å². The SMILES string of the molecule is CC(=O)SCC(=O)N(CC1CCCO1)c1nc2c(C)cccc2s1. The van der Waals surface area contributed by atoms with Crippen LogP contribution < -0.4 is 4.90 Å². The molecule has 3 rings (SSSR count). The monoisotopic (exact) mass is 364 g/mol. The van der Waals surface area contributed by atoms with Gasteiger partial charge in [-0.2, -0.15) is 0 Å². The first-order valence-corrected chi connectivity index (χ1v) is 9.76. The van der Waals surface area contributed by atoms with E-state index in [9.17, 15) is 9.59 Å². The van der Waals surface area contributed by atoms with Gasteiger partial charge in [-0.15, -0.1) is 0 Å². The highest BCUT2D eigenvalue weighted by Gasteiger charge is 2.26. The largest absolute Gasteiger partial charge is 0.376 e. The number of carbonyl (C=O) groups is 2. The molecule has 7 heteroatoms. The van der Waals surface area contributed by atoms with Gasteiger partial charge in [-0.1, -0.05) is 35.2 Å². The van der Waals surface area contributed by atoms with Gasteiger partial charge >= 0.3 is 0 Å². The summed E-state index contributed by atoms with van der Waals surface area (Å²) in [4.78, 5) is 30.2. The lowest BCUT2D eigenvalue weighted by Crippen LogP contribution is -2.38. The number of fused-ring (bicyclic) bond motifs is 1. The Bertz CT molecular complexity index is 753. The van der Waals surface area contributed by atoms with Crippen LogP contribution in [0.5, 0.6) is 0 Å². The van der Waals surface area contributed by atoms with Gasteiger partial charge in [0, 0.05) is 13.5 Å². The molecule has 1 amide bonds. The number of para-hydroxylation sites is 1. The Morgan fingerprint density at radius 3 is 2.96 bits per heavy atom. The molecule has 0 saturated carbocycles. The van der Waals surface area contributed by atoms with Gasteiger partial charge in [0.15, 0.2) is 10.2 Å². The number of benzene rings is 1. The van der Waals surface area contributed by atoms with Crippen LogP contribution in [0.25, 0.3) is 10.2 Å². The molecule has 1 aromatic heterocycles. The zero-order chi connectivity index (χ0) is 17.1. The first-order valence-electron chi connectivity index (χ1n) is 7.96. The fourth-order valence-electron chi connectivity index (χ4n) is 2.71. The van der Waals surface area contributed by atoms with E-state index in [1.165, 1.54) is 18.3 Å². The summed E-state index contributed by atoms with van der Waals surface area (Å²) in [6, 6.07) is 6.03. The number of thiazole rings is 1. The molecule has 0 bridgehead atoms. The van der Waals surface area contributed by atoms with E-state index in [4.69, 9.17) is 4.74 Å². The van der Waals surface area contributed by atoms with Crippen LogP contribution in [0, 0.1) is 6.92 Å². The predicted octanol–water partition coefficient (Wildman–Crippen LogP) is 3.40. The van der Waals surface area contributed by atoms with E-state index in [1.54, 1.807) is 4.90 Å². The molecule has 5 nitrogen and oxygen atoms in total. The van der Waals surface area contributed by atoms with Crippen LogP contribution in [0.15, 0.2) is 18.2 Å². The molecular weight excluding hydrogens is 344 g/mol. The van der Waals surface area contributed by atoms with Crippen molar-refractivity contribution in [3.8, 4) is 0 Å². The van der Waals surface area contributed by atoms with E-state index in [0.29, 0.717) is 11.7 Å². The van der Waals surface area contributed by atoms with Crippen molar-refractivity contribution in [2.75, 3.05) is 23.8 Å². The molecule has 0 N–H and O–H groups in total. The Morgan fingerprint density at radius 2 is 2.29 bits per heavy atom. The number of aromatic nitrogens is 1. The third kappa shape index (κ3) is 3.96. The first kappa shape index (κ1) is 17.4. The van der Waals surface area contributed by atoms with Gasteiger partial charge in [-0.05, 0) is 31.4 Å². The van der Waals surface area contributed by atoms with Crippen molar-refractivity contribution in [2.24, 2.45) is 0 Å². The van der Waals surface area contributed by atoms with Gasteiger partial charge in [-0.25, -0.2) is 4.98 Å². The standard InChI is InChI=1S/C17H20N2O3S2/c1-11-5-3-7-14-16(11)18-17(24-14)19(9-13-6-4-8-22-13)15(21)10-23-12(2)20/h3,5,7,13H,4,6,8-10H2,1-2H3. The van der Waals surface area contributed by atoms with Crippen LogP contribution in [0.4, 0.5) is 5.13 Å². The molecule has 1 saturated heterocycles. The molecular formula is C17H20N2O3S2. The first-order chi connectivity index (χ1) is 11.5. The third-order valence-corrected chi connectivity index (χ3v) is 5.79. The molecule has 1 aliphatic heterocycles. The number of hydrogen-bond donors (Lipinski definition) is 0. The van der Waals surface area contributed by atoms with Gasteiger partial charge in [-0.3, -0.25) is 14.5 Å². The van der Waals surface area contributed by atoms with Crippen molar-refractivity contribution in [2.45, 2.75) is 32.8 Å². The van der Waals surface area contributed by atoms with E-state index >= 15 is 0 Å². The van der Waals surface area contributed by atoms with Crippen LogP contribution in [0.1, 0.15) is 25.3 Å². The molecule has 0 spiro atoms. The number of ether oxygens (including phenoxy) is 1. The Kier molecular flexibility index (Phi) is 5.53. The molecule has 1 unspecified atom stereocenters. The van der Waals surface area contributed by atoms with E-state index < -0.39 is 0 Å². The van der Waals surface area contributed by atoms with Crippen LogP contribution in [0.3, 0.4) is 0 Å². The molecule has 1 fully saturated rings. The summed E-state index contributed by atoms with van der Waals surface area (Å²) in [7, 11) is 0. The normalized spacial score (nSPS) is 17.3. The zero-order valence-electron chi connectivity index (χ0n) is 13.8. The summed E-state index contributed by atoms with van der Waals surface area (Å²) in [6.07, 6.45) is 2.02. The molecule has 1 atom stereocenters. The average Bonchev–Trinajstić information content (AvgIpc) is 3.20. The predicted molar refractivity (Wildman–Crippen MR) is 98.8 cm³/mol. The maximum absolute atomic E-state index is 12.7. The molecule has 0 aliphatic carbocycles. The number of amides is 1. The minimum absolute atomic E-state index is 0.0457. The molecule has 128 valence electrons. The number of aryl methyl sites for hydroxylation is 1. The van der Waals surface area contributed by atoms with Crippen molar-refractivity contribution < 1.29 is 14.3 Å². The topological polar surface area (TPSA) is 59.5 Å². The van der Waals surface area contributed by atoms with Crippen molar-refractivity contribution in [3.63, 3.8) is 0 Å². The molecule has 2 heterocycles. The number of thioether (sulfide) groups is 1. The van der Waals surface area contributed by atoms with Gasteiger partial charge in [0.25, 0.3) is 0 Å². The quantitative estimate of drug-likeness (QED) is 0.814. The Hall–Kier alpha value is -1.44. The van der Waals surface area contributed by atoms with E-state index in [0.717, 1.165) is 47.0 Å². The summed E-state index contributed by atoms with van der Waals surface area (Å²) in [5, 5.41) is 0.629. The van der Waals surface area contributed by atoms with Crippen LogP contribution >= 0.6 is 23.1 Å². The molecule has 0 radical (unpaired) electrons. The molecule has 2 aromatic rings. The van der Waals surface area contributed by atoms with Gasteiger partial charge in [0.05, 0.1) is 28.6 Å². The Balaban J connectivity index is 1.87. The minimum Gasteiger partial charge on any atom is -0.376 e. The highest BCUT2D eigenvalue weighted by molar-refractivity contribution is 8.14. The van der Waals surface area contributed by atoms with Gasteiger partial charge < -0.3 is 4.74 Å². The molecule has 1 aromatic carbocycles. The van der Waals surface area contributed by atoms with Crippen molar-refractivity contribution in [1.82, 2.24) is 4.98 Å². The van der Waals surface area contributed by atoms with Crippen molar-refractivity contribution in [1.29, 1.82) is 0 Å². The van der Waals surface area contributed by atoms with E-state index in [1.807, 2.05) is 25.1 Å². The highest BCUT2D eigenvalue weighted by atomic mass is 32.2. The van der Waals surface area contributed by atoms with Gasteiger partial charge in [0.2, 0.25) is 5.91 Å². The number of rotatable bonds is 5. The molecule has 24 heavy (non-hydrogen) atoms. The minimum atomic E-state index is -0.0950. The Morgan fingerprint density at radius 1 is 1.46 bits per heavy atom. The summed E-state index contributed by atoms with van der Waals surface area (Å²) in [5.41, 5.74) is 2.03. The van der Waals surface area contributed by atoms with E-state index in [2.05, 4.69) is 4.98 Å². The van der Waals surface area contributed by atoms with Crippen molar-refractivity contribution >= 4 is 49.5 Å². The van der Waals surface area contributed by atoms with Gasteiger partial charge in [0.1, 0.15) is 0 Å². The maximum atomic E-state index is 12.7. The lowest BCUT2D eigenvalue weighted by atomic mass is 10.2. The highest BCUT2D eigenvalue weighted by Crippen LogP contribution is 2.31. The second-order valence-electron chi connectivity index (χ2n) is 5.84. The second kappa shape index (κ2) is 7.63. The smallest absolute Gasteiger partial charge is 0.239 e. The number of nitrogens with zero attached hydrogens (tertiary/aromatic N) is 2. The average molecular weight is 364 g/mol. The maximum Gasteiger partial charge on any atom is 0.239 e. The van der Waals surface area contributed by atoms with Crippen LogP contribution in [0.2, 0.25) is 0 Å². The number of anilines is 1. The number of hydrogen-bond acceptors (Lipinski definition) is 6. The number of carbonyl (C=O) groups excluding carboxylic acids is 2. The second-order valence-corrected chi connectivity index (χ2v) is 8.00. The zero-order valence-corrected chi connectivity index (χ0v) is 15.4. The third-order valence-electron chi connectivity index (χ3n) is 3.95. The van der Waals surface area contributed by atoms with E-state index in [-0.39, 0.29) is 22.9 Å². The van der Waals surface area contributed by atoms with Crippen LogP contribution in [-0.4, -0.2) is 41.0 Å². The summed E-state index contributed by atoms with van der Waals surface area (Å²) in [6.45, 7) is 4.73. The summed E-state index contributed by atoms with van der Waals surface area (Å²) >= 11 is 2.55. The lowest BCUT2D eigenvalue weighted by Gasteiger charge is -2.22. The summed E-state index contributed by atoms with van der Waals surface area (Å²) < 4.78 is 6.75. The van der Waals surface area contributed by atoms with Crippen molar-refractivity contribution in [3.05, 3.63) is 23.8 Å². The molecule has 1 aliphatic rings. The fourth-order valence-corrected chi connectivity index (χ4v) is 4.26. The fraction of sp³-hybridized carbons (Fsp3) is 0.471. The lowest BCUT2D eigenvalue weighted by molar-refractivity contribution is -0.117.